The Labute approximate surface area is 91.4 Å². The zero-order valence-corrected chi connectivity index (χ0v) is 6.20. The minimum absolute atomic E-state index is 0. The molecule has 0 aromatic rings. The van der Waals surface area contributed by atoms with Crippen molar-refractivity contribution in [3.05, 3.63) is 0 Å². The van der Waals surface area contributed by atoms with Crippen LogP contribution in [0, 0.1) is 0 Å². The molecule has 0 aliphatic heterocycles. The summed E-state index contributed by atoms with van der Waals surface area (Å²) in [5, 5.41) is 0. The summed E-state index contributed by atoms with van der Waals surface area (Å²) in [4.78, 5) is 31.0. The maximum atomic E-state index is 9.63. The van der Waals surface area contributed by atoms with Gasteiger partial charge in [-0.25, -0.2) is 9.13 Å². The van der Waals surface area contributed by atoms with Gasteiger partial charge in [-0.05, 0) is 0 Å². The summed E-state index contributed by atoms with van der Waals surface area (Å²) in [5.74, 6) is 0. The van der Waals surface area contributed by atoms with Crippen LogP contribution < -0.4 is 0 Å². The Balaban J connectivity index is -0.000000320. The Morgan fingerprint density at radius 3 is 1.09 bits per heavy atom. The Morgan fingerprint density at radius 2 is 1.09 bits per heavy atom. The van der Waals surface area contributed by atoms with Crippen LogP contribution in [0.15, 0.2) is 0 Å². The molecule has 0 atom stereocenters. The van der Waals surface area contributed by atoms with Gasteiger partial charge in [0.1, 0.15) is 0 Å². The minimum atomic E-state index is -5.05. The predicted molar refractivity (Wildman–Crippen MR) is 37.3 cm³/mol. The molecule has 0 amide bonds. The van der Waals surface area contributed by atoms with E-state index in [2.05, 4.69) is 4.31 Å². The van der Waals surface area contributed by atoms with Crippen molar-refractivity contribution in [2.45, 2.75) is 0 Å². The van der Waals surface area contributed by atoms with Crippen molar-refractivity contribution < 1.29 is 38.5 Å². The normalized spacial score (nSPS) is 11.3. The molecule has 11 heavy (non-hydrogen) atoms. The number of hydrogen-bond donors (Lipinski definition) is 4. The van der Waals surface area contributed by atoms with Crippen LogP contribution in [0.4, 0.5) is 0 Å². The molecule has 68 valence electrons. The van der Waals surface area contributed by atoms with E-state index in [1.54, 1.807) is 0 Å². The van der Waals surface area contributed by atoms with Crippen molar-refractivity contribution in [3.8, 4) is 0 Å². The fourth-order valence-corrected chi connectivity index (χ4v) is 1.25. The van der Waals surface area contributed by atoms with Gasteiger partial charge in [0, 0.05) is 0 Å². The van der Waals surface area contributed by atoms with E-state index in [0.717, 1.165) is 0 Å². The molecular formula is H8CaO8P2. The van der Waals surface area contributed by atoms with Crippen molar-refractivity contribution in [2.24, 2.45) is 0 Å². The zero-order chi connectivity index (χ0) is 7.71. The molecule has 0 aliphatic carbocycles. The monoisotopic (exact) mass is 238 g/mol. The van der Waals surface area contributed by atoms with Gasteiger partial charge in [-0.2, -0.15) is 4.31 Å². The average Bonchev–Trinajstić information content (AvgIpc) is 1.14. The molecule has 0 rings (SSSR count). The number of rotatable bonds is 2. The van der Waals surface area contributed by atoms with Gasteiger partial charge >= 0.3 is 53.4 Å². The van der Waals surface area contributed by atoms with Crippen molar-refractivity contribution >= 4 is 53.4 Å². The molecule has 0 bridgehead atoms. The number of phosphoric acid groups is 2. The topological polar surface area (TPSA) is 156 Å². The van der Waals surface area contributed by atoms with Crippen LogP contribution in [0.5, 0.6) is 0 Å². The van der Waals surface area contributed by atoms with Crippen LogP contribution in [-0.4, -0.2) is 62.8 Å². The second kappa shape index (κ2) is 6.01. The standard InChI is InChI=1S/Ca.H4O7P2.H2O.2H/c;1-8(2,3)7-9(4,5)6;;;/h;(H2,1,2,3)(H2,4,5,6);1H2;;. The molecule has 0 aliphatic rings. The Hall–Kier alpha value is 1.48. The molecule has 8 nitrogen and oxygen atoms in total. The van der Waals surface area contributed by atoms with Gasteiger partial charge in [-0.3, -0.25) is 0 Å². The molecule has 0 aromatic carbocycles. The van der Waals surface area contributed by atoms with E-state index in [9.17, 15) is 9.13 Å². The van der Waals surface area contributed by atoms with E-state index in [4.69, 9.17) is 19.6 Å². The van der Waals surface area contributed by atoms with Gasteiger partial charge in [0.15, 0.2) is 0 Å². The fourth-order valence-electron chi connectivity index (χ4n) is 0.139. The van der Waals surface area contributed by atoms with E-state index < -0.39 is 15.6 Å². The molecule has 0 radical (unpaired) electrons. The number of hydrogen-bond acceptors (Lipinski definition) is 3. The Morgan fingerprint density at radius 1 is 0.909 bits per heavy atom. The fraction of sp³-hybridized carbons (Fsp3) is 0. The summed E-state index contributed by atoms with van der Waals surface area (Å²) in [6, 6.07) is 0. The SMILES string of the molecule is O.O=P(O)(O)OP(=O)(O)O.[CaH2]. The van der Waals surface area contributed by atoms with E-state index >= 15 is 0 Å². The van der Waals surface area contributed by atoms with E-state index in [1.807, 2.05) is 0 Å². The first-order valence-corrected chi connectivity index (χ1v) is 4.59. The van der Waals surface area contributed by atoms with Crippen LogP contribution in [0.1, 0.15) is 0 Å². The van der Waals surface area contributed by atoms with Crippen molar-refractivity contribution in [3.63, 3.8) is 0 Å². The molecule has 0 aromatic heterocycles. The van der Waals surface area contributed by atoms with Gasteiger partial charge in [0.2, 0.25) is 0 Å². The summed E-state index contributed by atoms with van der Waals surface area (Å²) >= 11 is 0. The third kappa shape index (κ3) is 18.4. The van der Waals surface area contributed by atoms with Gasteiger partial charge in [-0.15, -0.1) is 0 Å². The van der Waals surface area contributed by atoms with Crippen LogP contribution in [-0.2, 0) is 13.4 Å². The molecule has 6 N–H and O–H groups in total. The van der Waals surface area contributed by atoms with E-state index in [1.165, 1.54) is 0 Å². The van der Waals surface area contributed by atoms with Crippen LogP contribution in [0.2, 0.25) is 0 Å². The van der Waals surface area contributed by atoms with Crippen molar-refractivity contribution in [1.29, 1.82) is 0 Å². The third-order valence-corrected chi connectivity index (χ3v) is 1.91. The van der Waals surface area contributed by atoms with Crippen molar-refractivity contribution in [1.82, 2.24) is 0 Å². The summed E-state index contributed by atoms with van der Waals surface area (Å²) in [7, 11) is -10.1. The molecule has 0 fully saturated rings. The van der Waals surface area contributed by atoms with Crippen LogP contribution in [0.25, 0.3) is 0 Å². The van der Waals surface area contributed by atoms with Gasteiger partial charge in [0.25, 0.3) is 0 Å². The van der Waals surface area contributed by atoms with Gasteiger partial charge in [-0.1, -0.05) is 0 Å². The molecule has 0 spiro atoms. The molecular weight excluding hydrogens is 230 g/mol. The third-order valence-electron chi connectivity index (χ3n) is 0.213. The second-order valence-electron chi connectivity index (χ2n) is 1.06. The summed E-state index contributed by atoms with van der Waals surface area (Å²) in [6.07, 6.45) is 0. The van der Waals surface area contributed by atoms with Gasteiger partial charge in [0.05, 0.1) is 0 Å². The quantitative estimate of drug-likeness (QED) is 0.304. The Kier molecular flexibility index (Phi) is 10.0. The van der Waals surface area contributed by atoms with E-state index in [0.29, 0.717) is 0 Å². The predicted octanol–water partition coefficient (Wildman–Crippen LogP) is -2.55. The van der Waals surface area contributed by atoms with Crippen molar-refractivity contribution in [2.75, 3.05) is 0 Å². The first-order chi connectivity index (χ1) is 3.71. The average molecular weight is 238 g/mol. The zero-order valence-electron chi connectivity index (χ0n) is 4.41. The first kappa shape index (κ1) is 18.3. The summed E-state index contributed by atoms with van der Waals surface area (Å²) in [5.41, 5.74) is 0. The van der Waals surface area contributed by atoms with Crippen LogP contribution >= 0.6 is 15.6 Å². The maximum absolute atomic E-state index is 9.63. The molecule has 0 unspecified atom stereocenters. The molecule has 0 heterocycles. The second-order valence-corrected chi connectivity index (χ2v) is 3.68. The Bertz CT molecular complexity index is 153. The summed E-state index contributed by atoms with van der Waals surface area (Å²) < 4.78 is 22.2. The van der Waals surface area contributed by atoms with Crippen LogP contribution in [0.3, 0.4) is 0 Å². The molecule has 0 saturated heterocycles. The summed E-state index contributed by atoms with van der Waals surface area (Å²) in [6.45, 7) is 0. The first-order valence-electron chi connectivity index (χ1n) is 1.53. The molecule has 11 heteroatoms. The van der Waals surface area contributed by atoms with E-state index in [-0.39, 0.29) is 43.2 Å². The molecule has 0 saturated carbocycles. The van der Waals surface area contributed by atoms with Gasteiger partial charge < -0.3 is 25.0 Å².